The average molecular weight is 535 g/mol. The van der Waals surface area contributed by atoms with Crippen molar-refractivity contribution in [1.29, 1.82) is 0 Å². The summed E-state index contributed by atoms with van der Waals surface area (Å²) in [4.78, 5) is 12.4. The minimum atomic E-state index is -0.506. The van der Waals surface area contributed by atoms with Gasteiger partial charge < -0.3 is 9.47 Å². The summed E-state index contributed by atoms with van der Waals surface area (Å²) in [5.74, 6) is -0.169. The normalized spacial score (nSPS) is 11.0. The van der Waals surface area contributed by atoms with Gasteiger partial charge in [0.25, 0.3) is 0 Å². The molecule has 0 aromatic heterocycles. The Morgan fingerprint density at radius 1 is 0.816 bits per heavy atom. The van der Waals surface area contributed by atoms with Gasteiger partial charge in [-0.1, -0.05) is 139 Å². The second-order valence-corrected chi connectivity index (χ2v) is 11.4. The molecule has 3 nitrogen and oxygen atoms in total. The monoisotopic (exact) mass is 535 g/mol. The number of hydrogen-bond donors (Lipinski definition) is 0. The van der Waals surface area contributed by atoms with E-state index in [4.69, 9.17) is 12.6 Å². The maximum absolute atomic E-state index is 12.4. The fourth-order valence-corrected chi connectivity index (χ4v) is 2.35. The number of esters is 1. The van der Waals surface area contributed by atoms with Gasteiger partial charge >= 0.3 is 5.97 Å². The van der Waals surface area contributed by atoms with E-state index in [1.165, 1.54) is 11.1 Å². The third-order valence-corrected chi connectivity index (χ3v) is 4.67. The Morgan fingerprint density at radius 3 is 1.39 bits per heavy atom. The van der Waals surface area contributed by atoms with Gasteiger partial charge in [0, 0.05) is 19.6 Å². The highest BCUT2D eigenvalue weighted by atomic mass is 16.5. The van der Waals surface area contributed by atoms with Crippen molar-refractivity contribution in [3.8, 4) is 0 Å². The first-order valence-corrected chi connectivity index (χ1v) is 14.5. The molecule has 0 spiro atoms. The van der Waals surface area contributed by atoms with Crippen LogP contribution in [0.1, 0.15) is 134 Å². The van der Waals surface area contributed by atoms with Crippen LogP contribution in [0.3, 0.4) is 0 Å². The third-order valence-electron chi connectivity index (χ3n) is 4.67. The smallest absolute Gasteiger partial charge is 0.311 e. The standard InChI is InChI=1S/C23H36O2.C3H7B.C2H6O.3C2H6/c1-16(21(2,3)4)15-17-11-13-18(14-12-17)19(22(5,6)7)25-20(24)23(8,9)10;1-2-3-4;1-3-2;3*1-2/h11-14,19H,1,15H2,2-10H3;2-3H2,1H3;1-2H3;3*1-2H3. The number of carbonyl (C=O) groups is 1. The molecule has 2 radical (unpaired) electrons. The summed E-state index contributed by atoms with van der Waals surface area (Å²) < 4.78 is 10.1. The zero-order valence-electron chi connectivity index (χ0n) is 29.0. The quantitative estimate of drug-likeness (QED) is 0.214. The van der Waals surface area contributed by atoms with E-state index in [0.29, 0.717) is 0 Å². The van der Waals surface area contributed by atoms with Crippen LogP contribution in [0.25, 0.3) is 0 Å². The van der Waals surface area contributed by atoms with E-state index in [0.717, 1.165) is 24.7 Å². The number of benzene rings is 1. The topological polar surface area (TPSA) is 35.5 Å². The number of rotatable bonds is 5. The van der Waals surface area contributed by atoms with Gasteiger partial charge in [0.2, 0.25) is 0 Å². The largest absolute Gasteiger partial charge is 0.457 e. The number of ether oxygens (including phenoxy) is 2. The zero-order valence-corrected chi connectivity index (χ0v) is 29.0. The van der Waals surface area contributed by atoms with Gasteiger partial charge in [-0.05, 0) is 43.7 Å². The van der Waals surface area contributed by atoms with Crippen molar-refractivity contribution in [3.63, 3.8) is 0 Å². The van der Waals surface area contributed by atoms with Crippen LogP contribution < -0.4 is 0 Å². The Labute approximate surface area is 242 Å². The minimum absolute atomic E-state index is 0.106. The highest BCUT2D eigenvalue weighted by molar-refractivity contribution is 6.08. The van der Waals surface area contributed by atoms with Crippen LogP contribution in [0.2, 0.25) is 6.32 Å². The van der Waals surface area contributed by atoms with Crippen LogP contribution in [0, 0.1) is 16.2 Å². The molecule has 0 heterocycles. The van der Waals surface area contributed by atoms with Crippen LogP contribution in [-0.4, -0.2) is 28.0 Å². The summed E-state index contributed by atoms with van der Waals surface area (Å²) in [6.45, 7) is 36.8. The molecule has 224 valence electrons. The molecule has 0 aliphatic rings. The van der Waals surface area contributed by atoms with Crippen molar-refractivity contribution in [3.05, 3.63) is 47.5 Å². The van der Waals surface area contributed by atoms with E-state index in [9.17, 15) is 4.79 Å². The number of allylic oxidation sites excluding steroid dienone is 1. The van der Waals surface area contributed by atoms with Crippen molar-refractivity contribution < 1.29 is 14.3 Å². The predicted octanol–water partition coefficient (Wildman–Crippen LogP) is 10.8. The summed E-state index contributed by atoms with van der Waals surface area (Å²) in [5.41, 5.74) is 2.92. The lowest BCUT2D eigenvalue weighted by Crippen LogP contribution is -2.30. The van der Waals surface area contributed by atoms with Gasteiger partial charge in [0.1, 0.15) is 6.10 Å². The second-order valence-electron chi connectivity index (χ2n) is 11.4. The lowest BCUT2D eigenvalue weighted by atomic mass is 9.82. The molecular formula is C34H67BO3. The molecule has 4 heteroatoms. The average Bonchev–Trinajstić information content (AvgIpc) is 2.85. The molecule has 0 saturated carbocycles. The lowest BCUT2D eigenvalue weighted by Gasteiger charge is -2.33. The van der Waals surface area contributed by atoms with Crippen LogP contribution in [0.4, 0.5) is 0 Å². The van der Waals surface area contributed by atoms with Crippen LogP contribution in [-0.2, 0) is 20.7 Å². The van der Waals surface area contributed by atoms with Crippen molar-refractivity contribution in [1.82, 2.24) is 0 Å². The zero-order chi connectivity index (χ0) is 31.8. The van der Waals surface area contributed by atoms with Gasteiger partial charge in [-0.3, -0.25) is 4.79 Å². The number of hydrogen-bond acceptors (Lipinski definition) is 3. The first-order valence-electron chi connectivity index (χ1n) is 14.5. The predicted molar refractivity (Wildman–Crippen MR) is 174 cm³/mol. The number of methoxy groups -OCH3 is 1. The fraction of sp³-hybridized carbons (Fsp3) is 0.735. The van der Waals surface area contributed by atoms with Gasteiger partial charge in [0.15, 0.2) is 0 Å². The molecule has 1 aromatic rings. The Bertz CT molecular complexity index is 655. The maximum Gasteiger partial charge on any atom is 0.311 e. The summed E-state index contributed by atoms with van der Waals surface area (Å²) in [6, 6.07) is 8.40. The van der Waals surface area contributed by atoms with E-state index in [2.05, 4.69) is 84.0 Å². The molecule has 0 N–H and O–H groups in total. The van der Waals surface area contributed by atoms with Crippen molar-refractivity contribution >= 4 is 13.8 Å². The molecule has 0 aliphatic carbocycles. The Morgan fingerprint density at radius 2 is 1.16 bits per heavy atom. The molecular weight excluding hydrogens is 467 g/mol. The summed E-state index contributed by atoms with van der Waals surface area (Å²) in [5, 5.41) is 0. The first-order chi connectivity index (χ1) is 17.4. The van der Waals surface area contributed by atoms with Gasteiger partial charge in [-0.15, -0.1) is 0 Å². The molecule has 1 rings (SSSR count). The van der Waals surface area contributed by atoms with Crippen molar-refractivity contribution in [2.45, 2.75) is 136 Å². The van der Waals surface area contributed by atoms with Gasteiger partial charge in [0.05, 0.1) is 13.3 Å². The SMILES string of the molecule is C=C(Cc1ccc(C(OC(=O)C(C)(C)C)C(C)(C)C)cc1)C(C)(C)C.CC.CC.CC.COC.[B]CCC. The van der Waals surface area contributed by atoms with Gasteiger partial charge in [-0.25, -0.2) is 0 Å². The maximum atomic E-state index is 12.4. The Balaban J connectivity index is -0.000000237. The summed E-state index contributed by atoms with van der Waals surface area (Å²) in [6.07, 6.45) is 2.52. The van der Waals surface area contributed by atoms with E-state index < -0.39 is 5.41 Å². The minimum Gasteiger partial charge on any atom is -0.457 e. The number of carbonyl (C=O) groups excluding carboxylic acids is 1. The molecule has 0 aliphatic heterocycles. The Hall–Kier alpha value is -1.55. The van der Waals surface area contributed by atoms with Crippen molar-refractivity contribution in [2.75, 3.05) is 14.2 Å². The van der Waals surface area contributed by atoms with E-state index in [-0.39, 0.29) is 22.9 Å². The fourth-order valence-electron chi connectivity index (χ4n) is 2.35. The molecule has 1 aromatic carbocycles. The van der Waals surface area contributed by atoms with Crippen LogP contribution in [0.5, 0.6) is 0 Å². The highest BCUT2D eigenvalue weighted by Gasteiger charge is 2.33. The van der Waals surface area contributed by atoms with E-state index in [1.54, 1.807) is 14.2 Å². The van der Waals surface area contributed by atoms with E-state index >= 15 is 0 Å². The highest BCUT2D eigenvalue weighted by Crippen LogP contribution is 2.38. The Kier molecular flexibility index (Phi) is 31.3. The second kappa shape index (κ2) is 25.7. The molecule has 1 unspecified atom stereocenters. The molecule has 0 bridgehead atoms. The van der Waals surface area contributed by atoms with E-state index in [1.807, 2.05) is 62.3 Å². The van der Waals surface area contributed by atoms with Gasteiger partial charge in [-0.2, -0.15) is 0 Å². The van der Waals surface area contributed by atoms with Crippen molar-refractivity contribution in [2.24, 2.45) is 16.2 Å². The third kappa shape index (κ3) is 24.8. The molecule has 0 fully saturated rings. The molecule has 0 saturated heterocycles. The summed E-state index contributed by atoms with van der Waals surface area (Å²) >= 11 is 0. The van der Waals surface area contributed by atoms with Crippen LogP contribution >= 0.6 is 0 Å². The van der Waals surface area contributed by atoms with Crippen LogP contribution in [0.15, 0.2) is 36.4 Å². The lowest BCUT2D eigenvalue weighted by molar-refractivity contribution is -0.165. The molecule has 0 amide bonds. The molecule has 1 atom stereocenters. The molecule has 38 heavy (non-hydrogen) atoms. The first kappa shape index (κ1) is 46.3. The summed E-state index contributed by atoms with van der Waals surface area (Å²) in [7, 11) is 8.28.